The molecule has 0 aliphatic carbocycles. The van der Waals surface area contributed by atoms with Gasteiger partial charge in [-0.25, -0.2) is 14.3 Å². The van der Waals surface area contributed by atoms with Crippen molar-refractivity contribution in [3.05, 3.63) is 42.2 Å². The first-order valence-corrected chi connectivity index (χ1v) is 12.8. The quantitative estimate of drug-likeness (QED) is 0.343. The number of fused-ring (bicyclic) bond motifs is 2. The van der Waals surface area contributed by atoms with Gasteiger partial charge in [0.05, 0.1) is 20.0 Å². The third kappa shape index (κ3) is 4.80. The number of hydrogen-bond donors (Lipinski definition) is 1. The Kier molecular flexibility index (Phi) is 6.91. The number of esters is 1. The van der Waals surface area contributed by atoms with E-state index in [0.29, 0.717) is 17.6 Å². The highest BCUT2D eigenvalue weighted by Crippen LogP contribution is 2.58. The van der Waals surface area contributed by atoms with E-state index in [2.05, 4.69) is 15.0 Å². The van der Waals surface area contributed by atoms with Crippen LogP contribution in [-0.4, -0.2) is 58.0 Å². The lowest BCUT2D eigenvalue weighted by Crippen LogP contribution is -2.37. The molecule has 1 aromatic carbocycles. The van der Waals surface area contributed by atoms with Crippen molar-refractivity contribution in [2.45, 2.75) is 38.4 Å². The standard InChI is InChI=1S/C22H26N5O8P/c1-3-14-18-15(34-21(14)27-12-24-17-19(27)25-22(23)26-20(17)30-2)10-32-36(29,35-18)33-11-16(28)31-9-13-7-5-4-6-8-13/h4-8,12,14-15,18,21H,3,9-11H2,1-2H3,(H2,23,25,26). The number of methoxy groups -OCH3 is 1. The van der Waals surface area contributed by atoms with Crippen LogP contribution in [0.2, 0.25) is 0 Å². The Bertz CT molecular complexity index is 1290. The number of imidazole rings is 1. The molecule has 2 saturated heterocycles. The first-order valence-electron chi connectivity index (χ1n) is 11.4. The normalized spacial score (nSPS) is 27.6. The zero-order valence-corrected chi connectivity index (χ0v) is 20.6. The lowest BCUT2D eigenvalue weighted by molar-refractivity contribution is -0.148. The molecule has 2 aliphatic rings. The van der Waals surface area contributed by atoms with Crippen LogP contribution < -0.4 is 10.5 Å². The van der Waals surface area contributed by atoms with Gasteiger partial charge in [-0.2, -0.15) is 9.97 Å². The van der Waals surface area contributed by atoms with E-state index in [1.54, 1.807) is 10.9 Å². The smallest absolute Gasteiger partial charge is 0.475 e. The molecule has 0 radical (unpaired) electrons. The Morgan fingerprint density at radius 1 is 1.28 bits per heavy atom. The molecule has 0 amide bonds. The number of carbonyl (C=O) groups excluding carboxylic acids is 1. The Labute approximate surface area is 206 Å². The highest BCUT2D eigenvalue weighted by atomic mass is 31.2. The molecule has 4 heterocycles. The van der Waals surface area contributed by atoms with E-state index >= 15 is 0 Å². The monoisotopic (exact) mass is 519 g/mol. The Hall–Kier alpha value is -3.09. The Balaban J connectivity index is 1.26. The number of nitrogen functional groups attached to an aromatic ring is 1. The first kappa shape index (κ1) is 24.6. The second-order valence-corrected chi connectivity index (χ2v) is 9.91. The summed E-state index contributed by atoms with van der Waals surface area (Å²) in [6, 6.07) is 9.19. The van der Waals surface area contributed by atoms with Gasteiger partial charge in [0, 0.05) is 5.92 Å². The topological polar surface area (TPSA) is 159 Å². The molecule has 2 fully saturated rings. The van der Waals surface area contributed by atoms with E-state index in [9.17, 15) is 9.36 Å². The van der Waals surface area contributed by atoms with Gasteiger partial charge < -0.3 is 19.9 Å². The predicted molar refractivity (Wildman–Crippen MR) is 125 cm³/mol. The maximum atomic E-state index is 13.1. The minimum absolute atomic E-state index is 0.0289. The number of nitrogens with zero attached hydrogens (tertiary/aromatic N) is 4. The zero-order valence-electron chi connectivity index (χ0n) is 19.7. The molecule has 0 spiro atoms. The van der Waals surface area contributed by atoms with Crippen LogP contribution in [0, 0.1) is 5.92 Å². The fourth-order valence-electron chi connectivity index (χ4n) is 4.34. The van der Waals surface area contributed by atoms with Crippen molar-refractivity contribution in [1.29, 1.82) is 0 Å². The summed E-state index contributed by atoms with van der Waals surface area (Å²) in [7, 11) is -2.56. The predicted octanol–water partition coefficient (Wildman–Crippen LogP) is 2.62. The highest BCUT2D eigenvalue weighted by molar-refractivity contribution is 7.48. The van der Waals surface area contributed by atoms with Gasteiger partial charge in [0.2, 0.25) is 11.8 Å². The third-order valence-corrected chi connectivity index (χ3v) is 7.46. The van der Waals surface area contributed by atoms with E-state index in [0.717, 1.165) is 5.56 Å². The number of aromatic nitrogens is 4. The molecule has 0 saturated carbocycles. The number of benzene rings is 1. The number of ether oxygens (including phenoxy) is 3. The van der Waals surface area contributed by atoms with Crippen molar-refractivity contribution in [3.8, 4) is 5.88 Å². The van der Waals surface area contributed by atoms with Crippen LogP contribution in [0.1, 0.15) is 25.1 Å². The molecule has 2 aliphatic heterocycles. The van der Waals surface area contributed by atoms with Crippen molar-refractivity contribution in [2.24, 2.45) is 5.92 Å². The van der Waals surface area contributed by atoms with E-state index in [1.165, 1.54) is 7.11 Å². The number of hydrogen-bond acceptors (Lipinski definition) is 12. The summed E-state index contributed by atoms with van der Waals surface area (Å²) in [5.41, 5.74) is 7.52. The summed E-state index contributed by atoms with van der Waals surface area (Å²) in [6.45, 7) is 1.41. The molecule has 192 valence electrons. The molecule has 3 aromatic rings. The maximum Gasteiger partial charge on any atom is 0.475 e. The SMILES string of the molecule is CCC1C2OP(=O)(OCC(=O)OCc3ccccc3)OCC2OC1n1cnc2c(OC)nc(N)nc21. The average Bonchev–Trinajstić information content (AvgIpc) is 3.46. The van der Waals surface area contributed by atoms with Crippen molar-refractivity contribution < 1.29 is 37.1 Å². The molecule has 5 atom stereocenters. The molecule has 2 N–H and O–H groups in total. The second-order valence-electron chi connectivity index (χ2n) is 8.29. The number of rotatable bonds is 8. The lowest BCUT2D eigenvalue weighted by atomic mass is 9.97. The Morgan fingerprint density at radius 2 is 2.08 bits per heavy atom. The van der Waals surface area contributed by atoms with Crippen LogP contribution in [-0.2, 0) is 39.0 Å². The molecule has 14 heteroatoms. The van der Waals surface area contributed by atoms with Crippen molar-refractivity contribution in [1.82, 2.24) is 19.5 Å². The van der Waals surface area contributed by atoms with Crippen LogP contribution >= 0.6 is 7.82 Å². The van der Waals surface area contributed by atoms with E-state index in [-0.39, 0.29) is 31.0 Å². The van der Waals surface area contributed by atoms with Gasteiger partial charge >= 0.3 is 13.8 Å². The minimum atomic E-state index is -4.03. The van der Waals surface area contributed by atoms with E-state index < -0.39 is 38.8 Å². The maximum absolute atomic E-state index is 13.1. The van der Waals surface area contributed by atoms with Crippen molar-refractivity contribution in [2.75, 3.05) is 26.1 Å². The fourth-order valence-corrected chi connectivity index (χ4v) is 5.72. The molecule has 5 rings (SSSR count). The number of phosphoric acid groups is 1. The van der Waals surface area contributed by atoms with Gasteiger partial charge in [0.15, 0.2) is 17.8 Å². The summed E-state index contributed by atoms with van der Waals surface area (Å²) < 4.78 is 47.9. The minimum Gasteiger partial charge on any atom is -0.479 e. The first-order chi connectivity index (χ1) is 17.4. The Morgan fingerprint density at radius 3 is 2.83 bits per heavy atom. The van der Waals surface area contributed by atoms with Crippen LogP contribution in [0.25, 0.3) is 11.2 Å². The summed E-state index contributed by atoms with van der Waals surface area (Å²) in [4.78, 5) is 24.8. The molecule has 0 bridgehead atoms. The fraction of sp³-hybridized carbons (Fsp3) is 0.455. The van der Waals surface area contributed by atoms with Gasteiger partial charge in [0.25, 0.3) is 0 Å². The van der Waals surface area contributed by atoms with Crippen LogP contribution in [0.3, 0.4) is 0 Å². The second kappa shape index (κ2) is 10.1. The van der Waals surface area contributed by atoms with Gasteiger partial charge in [-0.05, 0) is 12.0 Å². The van der Waals surface area contributed by atoms with Crippen LogP contribution in [0.4, 0.5) is 5.95 Å². The molecular weight excluding hydrogens is 493 g/mol. The average molecular weight is 519 g/mol. The van der Waals surface area contributed by atoms with Gasteiger partial charge in [-0.15, -0.1) is 0 Å². The van der Waals surface area contributed by atoms with Gasteiger partial charge in [-0.3, -0.25) is 18.1 Å². The number of nitrogens with two attached hydrogens (primary N) is 1. The molecule has 5 unspecified atom stereocenters. The summed E-state index contributed by atoms with van der Waals surface area (Å²) in [5.74, 6) is -0.662. The molecular formula is C22H26N5O8P. The zero-order chi connectivity index (χ0) is 25.3. The summed E-state index contributed by atoms with van der Waals surface area (Å²) in [5, 5.41) is 0. The summed E-state index contributed by atoms with van der Waals surface area (Å²) in [6.07, 6.45) is 0.487. The highest BCUT2D eigenvalue weighted by Gasteiger charge is 2.53. The third-order valence-electron chi connectivity index (χ3n) is 6.05. The lowest BCUT2D eigenvalue weighted by Gasteiger charge is -2.31. The molecule has 36 heavy (non-hydrogen) atoms. The van der Waals surface area contributed by atoms with Crippen molar-refractivity contribution >= 4 is 30.9 Å². The van der Waals surface area contributed by atoms with Crippen LogP contribution in [0.5, 0.6) is 5.88 Å². The summed E-state index contributed by atoms with van der Waals surface area (Å²) >= 11 is 0. The number of phosphoric ester groups is 1. The van der Waals surface area contributed by atoms with Gasteiger partial charge in [0.1, 0.15) is 25.0 Å². The van der Waals surface area contributed by atoms with Crippen LogP contribution in [0.15, 0.2) is 36.7 Å². The number of carbonyl (C=O) groups is 1. The van der Waals surface area contributed by atoms with E-state index in [1.807, 2.05) is 37.3 Å². The molecule has 13 nitrogen and oxygen atoms in total. The van der Waals surface area contributed by atoms with E-state index in [4.69, 9.17) is 33.5 Å². The van der Waals surface area contributed by atoms with Gasteiger partial charge in [-0.1, -0.05) is 37.3 Å². The van der Waals surface area contributed by atoms with Crippen molar-refractivity contribution in [3.63, 3.8) is 0 Å². The largest absolute Gasteiger partial charge is 0.479 e. The number of anilines is 1. The molecule has 2 aromatic heterocycles.